The minimum absolute atomic E-state index is 0.144. The van der Waals surface area contributed by atoms with E-state index in [0.717, 1.165) is 26.2 Å². The van der Waals surface area contributed by atoms with Gasteiger partial charge in [0.2, 0.25) is 17.8 Å². The number of anilines is 3. The molecule has 3 heterocycles. The largest absolute Gasteiger partial charge is 0.396 e. The van der Waals surface area contributed by atoms with Crippen molar-refractivity contribution in [1.82, 2.24) is 15.0 Å². The van der Waals surface area contributed by atoms with Crippen LogP contribution in [0.25, 0.3) is 0 Å². The summed E-state index contributed by atoms with van der Waals surface area (Å²) in [5, 5.41) is 12.1. The first kappa shape index (κ1) is 16.2. The first-order valence-electron chi connectivity index (χ1n) is 8.13. The summed E-state index contributed by atoms with van der Waals surface area (Å²) < 4.78 is 10.8. The van der Waals surface area contributed by atoms with Crippen LogP contribution in [0, 0.1) is 0 Å². The van der Waals surface area contributed by atoms with Crippen LogP contribution in [-0.2, 0) is 9.47 Å². The first-order chi connectivity index (χ1) is 11.4. The van der Waals surface area contributed by atoms with E-state index in [2.05, 4.69) is 30.1 Å². The number of aliphatic hydroxyl groups excluding tert-OH is 1. The lowest BCUT2D eigenvalue weighted by Gasteiger charge is -2.30. The Morgan fingerprint density at radius 2 is 1.39 bits per heavy atom. The highest BCUT2D eigenvalue weighted by molar-refractivity contribution is 5.45. The summed E-state index contributed by atoms with van der Waals surface area (Å²) in [5.41, 5.74) is 0. The summed E-state index contributed by atoms with van der Waals surface area (Å²) >= 11 is 0. The summed E-state index contributed by atoms with van der Waals surface area (Å²) in [5.74, 6) is 1.91. The average molecular weight is 324 g/mol. The molecule has 0 bridgehead atoms. The van der Waals surface area contributed by atoms with Crippen molar-refractivity contribution in [3.63, 3.8) is 0 Å². The zero-order valence-electron chi connectivity index (χ0n) is 13.3. The van der Waals surface area contributed by atoms with Crippen LogP contribution in [0.4, 0.5) is 17.8 Å². The second-order valence-electron chi connectivity index (χ2n) is 5.46. The fourth-order valence-electron chi connectivity index (χ4n) is 2.52. The summed E-state index contributed by atoms with van der Waals surface area (Å²) in [6, 6.07) is 0. The lowest BCUT2D eigenvalue weighted by atomic mass is 10.4. The Morgan fingerprint density at radius 3 is 1.87 bits per heavy atom. The molecule has 2 aliphatic heterocycles. The molecule has 128 valence electrons. The molecular formula is C14H24N6O3. The number of ether oxygens (including phenoxy) is 2. The number of rotatable bonds is 6. The smallest absolute Gasteiger partial charge is 0.232 e. The molecule has 0 aliphatic carbocycles. The van der Waals surface area contributed by atoms with Crippen molar-refractivity contribution in [2.24, 2.45) is 0 Å². The molecule has 0 amide bonds. The lowest BCUT2D eigenvalue weighted by molar-refractivity contribution is 0.121. The Balaban J connectivity index is 1.79. The number of aliphatic hydroxyl groups is 1. The number of aromatic nitrogens is 3. The molecule has 0 saturated carbocycles. The topological polar surface area (TPSA) is 95.9 Å². The summed E-state index contributed by atoms with van der Waals surface area (Å²) in [6.45, 7) is 6.64. The number of morpholine rings is 2. The molecule has 1 aromatic heterocycles. The molecule has 1 aromatic rings. The molecule has 2 aliphatic rings. The second-order valence-corrected chi connectivity index (χ2v) is 5.46. The Bertz CT molecular complexity index is 455. The van der Waals surface area contributed by atoms with Crippen molar-refractivity contribution < 1.29 is 14.6 Å². The highest BCUT2D eigenvalue weighted by atomic mass is 16.5. The molecule has 2 N–H and O–H groups in total. The van der Waals surface area contributed by atoms with Crippen molar-refractivity contribution in [3.8, 4) is 0 Å². The van der Waals surface area contributed by atoms with E-state index in [-0.39, 0.29) is 6.61 Å². The molecule has 3 rings (SSSR count). The first-order valence-corrected chi connectivity index (χ1v) is 8.13. The fourth-order valence-corrected chi connectivity index (χ4v) is 2.52. The Labute approximate surface area is 135 Å². The Hall–Kier alpha value is -1.71. The van der Waals surface area contributed by atoms with Gasteiger partial charge in [-0.15, -0.1) is 0 Å². The van der Waals surface area contributed by atoms with Crippen molar-refractivity contribution in [1.29, 1.82) is 0 Å². The van der Waals surface area contributed by atoms with Gasteiger partial charge in [0, 0.05) is 39.3 Å². The zero-order valence-corrected chi connectivity index (χ0v) is 13.3. The van der Waals surface area contributed by atoms with Crippen molar-refractivity contribution in [3.05, 3.63) is 0 Å². The third kappa shape index (κ3) is 4.40. The van der Waals surface area contributed by atoms with E-state index in [9.17, 15) is 0 Å². The molecule has 0 radical (unpaired) electrons. The zero-order chi connectivity index (χ0) is 15.9. The molecule has 23 heavy (non-hydrogen) atoms. The molecular weight excluding hydrogens is 300 g/mol. The van der Waals surface area contributed by atoms with Gasteiger partial charge in [0.15, 0.2) is 0 Å². The minimum atomic E-state index is 0.144. The Kier molecular flexibility index (Phi) is 5.78. The standard InChI is InChI=1S/C14H24N6O3/c21-7-1-2-15-12-16-13(19-3-8-22-9-4-19)18-14(17-12)20-5-10-23-11-6-20/h21H,1-11H2,(H,15,16,17,18). The number of hydrogen-bond acceptors (Lipinski definition) is 9. The molecule has 0 aromatic carbocycles. The molecule has 9 heteroatoms. The van der Waals surface area contributed by atoms with Gasteiger partial charge in [-0.3, -0.25) is 0 Å². The van der Waals surface area contributed by atoms with E-state index in [1.54, 1.807) is 0 Å². The van der Waals surface area contributed by atoms with Gasteiger partial charge < -0.3 is 29.7 Å². The normalized spacial score (nSPS) is 19.0. The minimum Gasteiger partial charge on any atom is -0.396 e. The van der Waals surface area contributed by atoms with Gasteiger partial charge in [0.1, 0.15) is 0 Å². The van der Waals surface area contributed by atoms with Gasteiger partial charge in [0.25, 0.3) is 0 Å². The summed E-state index contributed by atoms with van der Waals surface area (Å²) in [7, 11) is 0. The number of nitrogens with one attached hydrogen (secondary N) is 1. The van der Waals surface area contributed by atoms with Crippen LogP contribution < -0.4 is 15.1 Å². The van der Waals surface area contributed by atoms with E-state index in [1.807, 2.05) is 0 Å². The van der Waals surface area contributed by atoms with Gasteiger partial charge >= 0.3 is 0 Å². The molecule has 2 saturated heterocycles. The highest BCUT2D eigenvalue weighted by Gasteiger charge is 2.20. The quantitative estimate of drug-likeness (QED) is 0.661. The maximum absolute atomic E-state index is 8.92. The van der Waals surface area contributed by atoms with Gasteiger partial charge in [-0.05, 0) is 6.42 Å². The highest BCUT2D eigenvalue weighted by Crippen LogP contribution is 2.18. The van der Waals surface area contributed by atoms with E-state index >= 15 is 0 Å². The lowest BCUT2D eigenvalue weighted by Crippen LogP contribution is -2.40. The van der Waals surface area contributed by atoms with Gasteiger partial charge in [-0.25, -0.2) is 0 Å². The number of nitrogens with zero attached hydrogens (tertiary/aromatic N) is 5. The predicted octanol–water partition coefficient (Wildman–Crippen LogP) is -0.661. The SMILES string of the molecule is OCCCNc1nc(N2CCOCC2)nc(N2CCOCC2)n1. The van der Waals surface area contributed by atoms with Crippen LogP contribution in [0.3, 0.4) is 0 Å². The fraction of sp³-hybridized carbons (Fsp3) is 0.786. The van der Waals surface area contributed by atoms with Crippen LogP contribution >= 0.6 is 0 Å². The van der Waals surface area contributed by atoms with Crippen LogP contribution in [0.2, 0.25) is 0 Å². The van der Waals surface area contributed by atoms with Crippen molar-refractivity contribution in [2.75, 3.05) is 80.9 Å². The molecule has 9 nitrogen and oxygen atoms in total. The predicted molar refractivity (Wildman–Crippen MR) is 86.1 cm³/mol. The maximum atomic E-state index is 8.92. The van der Waals surface area contributed by atoms with Crippen LogP contribution in [0.15, 0.2) is 0 Å². The van der Waals surface area contributed by atoms with Crippen LogP contribution in [-0.4, -0.2) is 85.8 Å². The monoisotopic (exact) mass is 324 g/mol. The number of hydrogen-bond donors (Lipinski definition) is 2. The third-order valence-corrected chi connectivity index (χ3v) is 3.82. The van der Waals surface area contributed by atoms with Gasteiger partial charge in [0.05, 0.1) is 26.4 Å². The molecule has 2 fully saturated rings. The van der Waals surface area contributed by atoms with Gasteiger partial charge in [-0.2, -0.15) is 15.0 Å². The van der Waals surface area contributed by atoms with Crippen LogP contribution in [0.1, 0.15) is 6.42 Å². The van der Waals surface area contributed by atoms with Gasteiger partial charge in [-0.1, -0.05) is 0 Å². The van der Waals surface area contributed by atoms with Crippen molar-refractivity contribution >= 4 is 17.8 Å². The Morgan fingerprint density at radius 1 is 0.870 bits per heavy atom. The van der Waals surface area contributed by atoms with E-state index in [1.165, 1.54) is 0 Å². The summed E-state index contributed by atoms with van der Waals surface area (Å²) in [6.07, 6.45) is 0.658. The van der Waals surface area contributed by atoms with E-state index < -0.39 is 0 Å². The second kappa shape index (κ2) is 8.23. The van der Waals surface area contributed by atoms with Crippen molar-refractivity contribution in [2.45, 2.75) is 6.42 Å². The summed E-state index contributed by atoms with van der Waals surface area (Å²) in [4.78, 5) is 17.9. The average Bonchev–Trinajstić information content (AvgIpc) is 2.63. The molecule has 0 spiro atoms. The third-order valence-electron chi connectivity index (χ3n) is 3.82. The maximum Gasteiger partial charge on any atom is 0.232 e. The van der Waals surface area contributed by atoms with Crippen LogP contribution in [0.5, 0.6) is 0 Å². The molecule has 0 unspecified atom stereocenters. The van der Waals surface area contributed by atoms with E-state index in [4.69, 9.17) is 14.6 Å². The molecule has 0 atom stereocenters. The van der Waals surface area contributed by atoms with E-state index in [0.29, 0.717) is 57.2 Å².